The van der Waals surface area contributed by atoms with Crippen LogP contribution in [0, 0.1) is 11.7 Å². The molecule has 0 saturated heterocycles. The Morgan fingerprint density at radius 3 is 2.87 bits per heavy atom. The molecule has 1 aliphatic heterocycles. The maximum Gasteiger partial charge on any atom is 0.223 e. The molecule has 1 N–H and O–H groups in total. The molecule has 2 aliphatic rings. The second kappa shape index (κ2) is 5.77. The van der Waals surface area contributed by atoms with Gasteiger partial charge in [0.2, 0.25) is 5.91 Å². The molecule has 0 spiro atoms. The zero-order valence-electron chi connectivity index (χ0n) is 12.7. The molecule has 1 fully saturated rings. The Hall–Kier alpha value is -2.21. The first-order valence-electron chi connectivity index (χ1n) is 7.90. The number of hydrogen-bond donors (Lipinski definition) is 1. The minimum absolute atomic E-state index is 0.0707. The summed E-state index contributed by atoms with van der Waals surface area (Å²) in [6, 6.07) is 6.39. The van der Waals surface area contributed by atoms with Crippen LogP contribution in [0.25, 0.3) is 11.3 Å². The van der Waals surface area contributed by atoms with Crippen molar-refractivity contribution in [2.24, 2.45) is 5.92 Å². The van der Waals surface area contributed by atoms with Crippen molar-refractivity contribution in [3.05, 3.63) is 42.1 Å². The van der Waals surface area contributed by atoms with E-state index in [-0.39, 0.29) is 23.7 Å². The van der Waals surface area contributed by atoms with Gasteiger partial charge in [-0.05, 0) is 42.7 Å². The molecule has 0 unspecified atom stereocenters. The molecule has 0 radical (unpaired) electrons. The molecule has 23 heavy (non-hydrogen) atoms. The molecule has 1 amide bonds. The van der Waals surface area contributed by atoms with Crippen LogP contribution in [0.1, 0.15) is 18.7 Å². The minimum Gasteiger partial charge on any atom is -0.367 e. The lowest BCUT2D eigenvalue weighted by molar-refractivity contribution is -0.123. The first kappa shape index (κ1) is 14.4. The summed E-state index contributed by atoms with van der Waals surface area (Å²) in [4.78, 5) is 16.1. The highest BCUT2D eigenvalue weighted by atomic mass is 19.1. The van der Waals surface area contributed by atoms with Gasteiger partial charge in [0.15, 0.2) is 0 Å². The number of rotatable bonds is 4. The topological polar surface area (TPSA) is 56.2 Å². The summed E-state index contributed by atoms with van der Waals surface area (Å²) in [6.07, 6.45) is 3.71. The Bertz CT molecular complexity index is 722. The summed E-state index contributed by atoms with van der Waals surface area (Å²) in [5.41, 5.74) is 1.87. The van der Waals surface area contributed by atoms with Crippen LogP contribution in [-0.2, 0) is 22.7 Å². The largest absolute Gasteiger partial charge is 0.367 e. The van der Waals surface area contributed by atoms with Crippen LogP contribution in [0.2, 0.25) is 0 Å². The van der Waals surface area contributed by atoms with E-state index in [0.717, 1.165) is 29.9 Å². The van der Waals surface area contributed by atoms with Gasteiger partial charge in [-0.3, -0.25) is 4.79 Å². The van der Waals surface area contributed by atoms with Gasteiger partial charge in [-0.1, -0.05) is 0 Å². The summed E-state index contributed by atoms with van der Waals surface area (Å²) in [5.74, 6) is 0.936. The maximum absolute atomic E-state index is 13.1. The Morgan fingerprint density at radius 2 is 2.13 bits per heavy atom. The second-order valence-electron chi connectivity index (χ2n) is 6.13. The van der Waals surface area contributed by atoms with Gasteiger partial charge in [0.05, 0.1) is 24.5 Å². The molecule has 1 aromatic heterocycles. The Balaban J connectivity index is 1.48. The molecule has 2 aromatic rings. The Labute approximate surface area is 133 Å². The quantitative estimate of drug-likeness (QED) is 0.940. The number of nitrogens with zero attached hydrogens (tertiary/aromatic N) is 2. The van der Waals surface area contributed by atoms with E-state index in [9.17, 15) is 9.18 Å². The van der Waals surface area contributed by atoms with Crippen LogP contribution in [0.5, 0.6) is 0 Å². The lowest BCUT2D eigenvalue weighted by Gasteiger charge is -2.26. The lowest BCUT2D eigenvalue weighted by atomic mass is 10.1. The third-order valence-corrected chi connectivity index (χ3v) is 4.36. The number of nitrogens with one attached hydrogen (secondary N) is 1. The lowest BCUT2D eigenvalue weighted by Crippen LogP contribution is -2.39. The van der Waals surface area contributed by atoms with Crippen LogP contribution in [-0.4, -0.2) is 28.1 Å². The van der Waals surface area contributed by atoms with Crippen LogP contribution < -0.4 is 5.32 Å². The number of aromatic nitrogens is 2. The van der Waals surface area contributed by atoms with Crippen molar-refractivity contribution in [1.82, 2.24) is 14.9 Å². The SMILES string of the molecule is O=C(NC[C@H]1Cn2c(-c3ccc(F)cc3)cnc2CO1)C1CC1. The molecule has 1 saturated carbocycles. The number of carbonyl (C=O) groups is 1. The van der Waals surface area contributed by atoms with Crippen LogP contribution in [0.15, 0.2) is 30.5 Å². The van der Waals surface area contributed by atoms with Crippen LogP contribution >= 0.6 is 0 Å². The van der Waals surface area contributed by atoms with Gasteiger partial charge in [0.25, 0.3) is 0 Å². The number of fused-ring (bicyclic) bond motifs is 1. The van der Waals surface area contributed by atoms with Crippen molar-refractivity contribution in [2.45, 2.75) is 32.1 Å². The smallest absolute Gasteiger partial charge is 0.223 e. The van der Waals surface area contributed by atoms with E-state index in [0.29, 0.717) is 19.7 Å². The fourth-order valence-electron chi connectivity index (χ4n) is 2.86. The van der Waals surface area contributed by atoms with E-state index in [1.807, 2.05) is 0 Å². The second-order valence-corrected chi connectivity index (χ2v) is 6.13. The highest BCUT2D eigenvalue weighted by molar-refractivity contribution is 5.80. The van der Waals surface area contributed by atoms with E-state index >= 15 is 0 Å². The monoisotopic (exact) mass is 315 g/mol. The first-order chi connectivity index (χ1) is 11.2. The molecular weight excluding hydrogens is 297 g/mol. The fourth-order valence-corrected chi connectivity index (χ4v) is 2.86. The zero-order valence-corrected chi connectivity index (χ0v) is 12.7. The summed E-state index contributed by atoms with van der Waals surface area (Å²) >= 11 is 0. The Morgan fingerprint density at radius 1 is 1.35 bits per heavy atom. The molecule has 1 aromatic carbocycles. The van der Waals surface area contributed by atoms with Gasteiger partial charge in [-0.25, -0.2) is 9.37 Å². The number of benzene rings is 1. The average Bonchev–Trinajstić information content (AvgIpc) is 3.34. The number of halogens is 1. The molecule has 120 valence electrons. The molecule has 0 bridgehead atoms. The first-order valence-corrected chi connectivity index (χ1v) is 7.90. The molecule has 4 rings (SSSR count). The van der Waals surface area contributed by atoms with Gasteiger partial charge in [0.1, 0.15) is 18.2 Å². The third-order valence-electron chi connectivity index (χ3n) is 4.36. The van der Waals surface area contributed by atoms with Crippen molar-refractivity contribution < 1.29 is 13.9 Å². The van der Waals surface area contributed by atoms with E-state index < -0.39 is 0 Å². The van der Waals surface area contributed by atoms with Gasteiger partial charge in [-0.15, -0.1) is 0 Å². The average molecular weight is 315 g/mol. The minimum atomic E-state index is -0.254. The normalized spacial score (nSPS) is 20.1. The predicted octanol–water partition coefficient (Wildman–Crippen LogP) is 2.11. The van der Waals surface area contributed by atoms with Crippen LogP contribution in [0.3, 0.4) is 0 Å². The van der Waals surface area contributed by atoms with Gasteiger partial charge >= 0.3 is 0 Å². The third kappa shape index (κ3) is 2.99. The highest BCUT2D eigenvalue weighted by Gasteiger charge is 2.30. The standard InChI is InChI=1S/C17H18FN3O2/c18-13-5-3-11(4-6-13)15-8-19-16-10-23-14(9-21(15)16)7-20-17(22)12-1-2-12/h3-6,8,12,14H,1-2,7,9-10H2,(H,20,22)/t14-/m0/s1. The molecule has 5 nitrogen and oxygen atoms in total. The Kier molecular flexibility index (Phi) is 3.61. The highest BCUT2D eigenvalue weighted by Crippen LogP contribution is 2.29. The molecule has 1 atom stereocenters. The summed E-state index contributed by atoms with van der Waals surface area (Å²) in [5, 5.41) is 2.96. The molecule has 1 aliphatic carbocycles. The summed E-state index contributed by atoms with van der Waals surface area (Å²) in [6.45, 7) is 1.56. The molecular formula is C17H18FN3O2. The molecule has 2 heterocycles. The van der Waals surface area contributed by atoms with E-state index in [4.69, 9.17) is 4.74 Å². The predicted molar refractivity (Wildman–Crippen MR) is 81.9 cm³/mol. The number of imidazole rings is 1. The van der Waals surface area contributed by atoms with Crippen LogP contribution in [0.4, 0.5) is 4.39 Å². The maximum atomic E-state index is 13.1. The number of ether oxygens (including phenoxy) is 1. The van der Waals surface area contributed by atoms with E-state index in [1.165, 1.54) is 12.1 Å². The van der Waals surface area contributed by atoms with Crippen molar-refractivity contribution in [3.63, 3.8) is 0 Å². The van der Waals surface area contributed by atoms with Gasteiger partial charge in [-0.2, -0.15) is 0 Å². The van der Waals surface area contributed by atoms with Crippen molar-refractivity contribution >= 4 is 5.91 Å². The van der Waals surface area contributed by atoms with Gasteiger partial charge < -0.3 is 14.6 Å². The van der Waals surface area contributed by atoms with Crippen molar-refractivity contribution in [3.8, 4) is 11.3 Å². The van der Waals surface area contributed by atoms with Gasteiger partial charge in [0, 0.05) is 12.5 Å². The number of hydrogen-bond acceptors (Lipinski definition) is 3. The number of amides is 1. The van der Waals surface area contributed by atoms with E-state index in [1.54, 1.807) is 18.3 Å². The fraction of sp³-hybridized carbons (Fsp3) is 0.412. The van der Waals surface area contributed by atoms with E-state index in [2.05, 4.69) is 14.9 Å². The summed E-state index contributed by atoms with van der Waals surface area (Å²) < 4.78 is 20.9. The number of carbonyl (C=O) groups excluding carboxylic acids is 1. The van der Waals surface area contributed by atoms with Crippen molar-refractivity contribution in [1.29, 1.82) is 0 Å². The van der Waals surface area contributed by atoms with Crippen molar-refractivity contribution in [2.75, 3.05) is 6.54 Å². The zero-order chi connectivity index (χ0) is 15.8. The summed E-state index contributed by atoms with van der Waals surface area (Å²) in [7, 11) is 0. The molecule has 6 heteroatoms.